The molecule has 0 heterocycles. The number of hydrogen-bond donors (Lipinski definition) is 0. The van der Waals surface area contributed by atoms with Crippen LogP contribution in [0.2, 0.25) is 0 Å². The molecule has 1 saturated carbocycles. The van der Waals surface area contributed by atoms with E-state index in [-0.39, 0.29) is 0 Å². The standard InChI is InChI=1S/C14H24O/c1-5-6-7-10(2)12(4)14-11(3)8-9-13(14)15/h5-6,10-12,14H,7-9H2,1-4H3/b6-5-/t10-,11?,12?,14+/m1/s1. The van der Waals surface area contributed by atoms with Gasteiger partial charge in [-0.2, -0.15) is 0 Å². The van der Waals surface area contributed by atoms with Crippen LogP contribution in [0.1, 0.15) is 47.0 Å². The fraction of sp³-hybridized carbons (Fsp3) is 0.786. The molecule has 1 nitrogen and oxygen atoms in total. The van der Waals surface area contributed by atoms with Crippen molar-refractivity contribution in [3.05, 3.63) is 12.2 Å². The van der Waals surface area contributed by atoms with Crippen LogP contribution in [0.25, 0.3) is 0 Å². The molecule has 2 unspecified atom stereocenters. The Kier molecular flexibility index (Phi) is 4.56. The van der Waals surface area contributed by atoms with Crippen LogP contribution in [-0.4, -0.2) is 5.78 Å². The summed E-state index contributed by atoms with van der Waals surface area (Å²) in [5, 5.41) is 0. The molecule has 0 spiro atoms. The van der Waals surface area contributed by atoms with Crippen LogP contribution in [0.4, 0.5) is 0 Å². The first-order chi connectivity index (χ1) is 7.07. The van der Waals surface area contributed by atoms with E-state index in [1.165, 1.54) is 0 Å². The van der Waals surface area contributed by atoms with Gasteiger partial charge >= 0.3 is 0 Å². The van der Waals surface area contributed by atoms with E-state index in [2.05, 4.69) is 39.8 Å². The summed E-state index contributed by atoms with van der Waals surface area (Å²) in [4.78, 5) is 11.8. The molecule has 4 atom stereocenters. The molecule has 0 aromatic carbocycles. The molecular weight excluding hydrogens is 184 g/mol. The third kappa shape index (κ3) is 2.93. The summed E-state index contributed by atoms with van der Waals surface area (Å²) in [7, 11) is 0. The van der Waals surface area contributed by atoms with Gasteiger partial charge in [-0.25, -0.2) is 0 Å². The van der Waals surface area contributed by atoms with Gasteiger partial charge in [0.1, 0.15) is 5.78 Å². The molecule has 0 bridgehead atoms. The van der Waals surface area contributed by atoms with Crippen LogP contribution >= 0.6 is 0 Å². The van der Waals surface area contributed by atoms with Gasteiger partial charge in [-0.3, -0.25) is 4.79 Å². The molecule has 0 N–H and O–H groups in total. The minimum Gasteiger partial charge on any atom is -0.299 e. The Morgan fingerprint density at radius 3 is 2.60 bits per heavy atom. The Bertz CT molecular complexity index is 242. The first kappa shape index (κ1) is 12.5. The fourth-order valence-corrected chi connectivity index (χ4v) is 2.76. The normalized spacial score (nSPS) is 31.1. The van der Waals surface area contributed by atoms with Crippen molar-refractivity contribution in [3.8, 4) is 0 Å². The van der Waals surface area contributed by atoms with Crippen molar-refractivity contribution < 1.29 is 4.79 Å². The Morgan fingerprint density at radius 1 is 1.47 bits per heavy atom. The lowest BCUT2D eigenvalue weighted by atomic mass is 9.77. The second-order valence-electron chi connectivity index (χ2n) is 5.15. The Hall–Kier alpha value is -0.590. The van der Waals surface area contributed by atoms with Crippen LogP contribution in [0.5, 0.6) is 0 Å². The molecule has 1 aliphatic carbocycles. The van der Waals surface area contributed by atoms with Gasteiger partial charge in [0.25, 0.3) is 0 Å². The van der Waals surface area contributed by atoms with E-state index in [0.29, 0.717) is 29.5 Å². The molecule has 1 fully saturated rings. The molecule has 1 rings (SSSR count). The molecule has 0 saturated heterocycles. The Balaban J connectivity index is 2.58. The highest BCUT2D eigenvalue weighted by Gasteiger charge is 2.37. The lowest BCUT2D eigenvalue weighted by Crippen LogP contribution is -2.26. The van der Waals surface area contributed by atoms with E-state index in [1.54, 1.807) is 0 Å². The number of Topliss-reactive ketones (excluding diaryl/α,β-unsaturated/α-hetero) is 1. The number of ketones is 1. The monoisotopic (exact) mass is 208 g/mol. The second-order valence-corrected chi connectivity index (χ2v) is 5.15. The third-order valence-electron chi connectivity index (χ3n) is 4.04. The second kappa shape index (κ2) is 5.48. The van der Waals surface area contributed by atoms with Crippen molar-refractivity contribution in [3.63, 3.8) is 0 Å². The van der Waals surface area contributed by atoms with Gasteiger partial charge in [0.05, 0.1) is 0 Å². The molecule has 1 heteroatoms. The molecule has 0 aliphatic heterocycles. The summed E-state index contributed by atoms with van der Waals surface area (Å²) in [5.41, 5.74) is 0. The number of carbonyl (C=O) groups is 1. The number of hydrogen-bond acceptors (Lipinski definition) is 1. The Morgan fingerprint density at radius 2 is 2.13 bits per heavy atom. The minimum absolute atomic E-state index is 0.324. The van der Waals surface area contributed by atoms with Gasteiger partial charge < -0.3 is 0 Å². The van der Waals surface area contributed by atoms with E-state index in [4.69, 9.17) is 0 Å². The number of rotatable bonds is 4. The largest absolute Gasteiger partial charge is 0.299 e. The summed E-state index contributed by atoms with van der Waals surface area (Å²) in [6, 6.07) is 0. The SMILES string of the molecule is C/C=C\C[C@@H](C)C(C)[C@H]1C(=O)CCC1C. The first-order valence-corrected chi connectivity index (χ1v) is 6.21. The third-order valence-corrected chi connectivity index (χ3v) is 4.04. The highest BCUT2D eigenvalue weighted by atomic mass is 16.1. The van der Waals surface area contributed by atoms with Crippen molar-refractivity contribution in [1.29, 1.82) is 0 Å². The van der Waals surface area contributed by atoms with Crippen molar-refractivity contribution >= 4 is 5.78 Å². The number of allylic oxidation sites excluding steroid dienone is 2. The van der Waals surface area contributed by atoms with Gasteiger partial charge in [-0.15, -0.1) is 0 Å². The van der Waals surface area contributed by atoms with Crippen molar-refractivity contribution in [2.45, 2.75) is 47.0 Å². The fourth-order valence-electron chi connectivity index (χ4n) is 2.76. The molecule has 1 aliphatic rings. The van der Waals surface area contributed by atoms with Gasteiger partial charge in [0.15, 0.2) is 0 Å². The average molecular weight is 208 g/mol. The lowest BCUT2D eigenvalue weighted by Gasteiger charge is -2.27. The quantitative estimate of drug-likeness (QED) is 0.641. The highest BCUT2D eigenvalue weighted by molar-refractivity contribution is 5.83. The maximum absolute atomic E-state index is 11.8. The van der Waals surface area contributed by atoms with Gasteiger partial charge in [-0.05, 0) is 37.5 Å². The van der Waals surface area contributed by atoms with Crippen LogP contribution in [0.15, 0.2) is 12.2 Å². The molecule has 86 valence electrons. The lowest BCUT2D eigenvalue weighted by molar-refractivity contribution is -0.123. The predicted octanol–water partition coefficient (Wildman–Crippen LogP) is 3.84. The van der Waals surface area contributed by atoms with E-state index in [1.807, 2.05) is 0 Å². The zero-order valence-corrected chi connectivity index (χ0v) is 10.5. The number of carbonyl (C=O) groups excluding carboxylic acids is 1. The molecule has 0 aromatic heterocycles. The summed E-state index contributed by atoms with van der Waals surface area (Å²) >= 11 is 0. The first-order valence-electron chi connectivity index (χ1n) is 6.21. The maximum atomic E-state index is 11.8. The van der Waals surface area contributed by atoms with Crippen LogP contribution in [0.3, 0.4) is 0 Å². The topological polar surface area (TPSA) is 17.1 Å². The zero-order valence-electron chi connectivity index (χ0n) is 10.5. The predicted molar refractivity (Wildman–Crippen MR) is 64.7 cm³/mol. The van der Waals surface area contributed by atoms with Crippen molar-refractivity contribution in [2.75, 3.05) is 0 Å². The summed E-state index contributed by atoms with van der Waals surface area (Å²) in [6.07, 6.45) is 7.33. The highest BCUT2D eigenvalue weighted by Crippen LogP contribution is 2.37. The smallest absolute Gasteiger partial charge is 0.136 e. The molecular formula is C14H24O. The van der Waals surface area contributed by atoms with Crippen molar-refractivity contribution in [2.24, 2.45) is 23.7 Å². The summed E-state index contributed by atoms with van der Waals surface area (Å²) in [6.45, 7) is 8.80. The molecule has 0 aromatic rings. The van der Waals surface area contributed by atoms with Gasteiger partial charge in [0, 0.05) is 12.3 Å². The molecule has 15 heavy (non-hydrogen) atoms. The molecule has 0 radical (unpaired) electrons. The van der Waals surface area contributed by atoms with E-state index >= 15 is 0 Å². The zero-order chi connectivity index (χ0) is 11.4. The maximum Gasteiger partial charge on any atom is 0.136 e. The van der Waals surface area contributed by atoms with Crippen LogP contribution < -0.4 is 0 Å². The minimum atomic E-state index is 0.324. The van der Waals surface area contributed by atoms with Crippen molar-refractivity contribution in [1.82, 2.24) is 0 Å². The van der Waals surface area contributed by atoms with E-state index in [0.717, 1.165) is 19.3 Å². The van der Waals surface area contributed by atoms with Gasteiger partial charge in [0.2, 0.25) is 0 Å². The average Bonchev–Trinajstić information content (AvgIpc) is 2.54. The van der Waals surface area contributed by atoms with Gasteiger partial charge in [-0.1, -0.05) is 32.9 Å². The van der Waals surface area contributed by atoms with E-state index in [9.17, 15) is 4.79 Å². The molecule has 0 amide bonds. The Labute approximate surface area is 93.9 Å². The van der Waals surface area contributed by atoms with Crippen LogP contribution in [0, 0.1) is 23.7 Å². The summed E-state index contributed by atoms with van der Waals surface area (Å²) in [5.74, 6) is 2.58. The van der Waals surface area contributed by atoms with Crippen LogP contribution in [-0.2, 0) is 4.79 Å². The van der Waals surface area contributed by atoms with E-state index < -0.39 is 0 Å². The summed E-state index contributed by atoms with van der Waals surface area (Å²) < 4.78 is 0.